The molecular weight excluding hydrogens is 296 g/mol. The Morgan fingerprint density at radius 3 is 1.55 bits per heavy atom. The molecule has 1 aromatic rings. The van der Waals surface area contributed by atoms with E-state index in [1.165, 1.54) is 0 Å². The Hall–Kier alpha value is -2.64. The minimum absolute atomic E-state index is 0.197. The van der Waals surface area contributed by atoms with Gasteiger partial charge in [0, 0.05) is 0 Å². The number of hydrogen-bond donors (Lipinski definition) is 0. The third kappa shape index (κ3) is 3.72. The van der Waals surface area contributed by atoms with Gasteiger partial charge in [0.2, 0.25) is 0 Å². The van der Waals surface area contributed by atoms with Gasteiger partial charge in [-0.05, 0) is 24.3 Å². The SMILES string of the molecule is O=C1OCC(COc2ccc(OCC3COC(=O)O3)cc2)O1. The van der Waals surface area contributed by atoms with Crippen LogP contribution in [0, 0.1) is 0 Å². The largest absolute Gasteiger partial charge is 0.508 e. The summed E-state index contributed by atoms with van der Waals surface area (Å²) in [5, 5.41) is 0. The number of cyclic esters (lactones) is 4. The van der Waals surface area contributed by atoms with E-state index in [0.29, 0.717) is 11.5 Å². The van der Waals surface area contributed by atoms with Gasteiger partial charge in [-0.2, -0.15) is 0 Å². The van der Waals surface area contributed by atoms with Crippen LogP contribution in [0.5, 0.6) is 11.5 Å². The molecule has 0 N–H and O–H groups in total. The van der Waals surface area contributed by atoms with Crippen molar-refractivity contribution in [2.45, 2.75) is 12.2 Å². The average molecular weight is 310 g/mol. The molecule has 0 bridgehead atoms. The molecule has 2 unspecified atom stereocenters. The first-order chi connectivity index (χ1) is 10.7. The number of carbonyl (C=O) groups is 2. The summed E-state index contributed by atoms with van der Waals surface area (Å²) in [5.41, 5.74) is 0. The minimum atomic E-state index is -0.672. The number of hydrogen-bond acceptors (Lipinski definition) is 8. The molecule has 2 saturated heterocycles. The highest BCUT2D eigenvalue weighted by atomic mass is 16.8. The number of benzene rings is 1. The maximum atomic E-state index is 10.8. The second kappa shape index (κ2) is 6.42. The molecule has 1 aromatic carbocycles. The van der Waals surface area contributed by atoms with Crippen LogP contribution in [0.2, 0.25) is 0 Å². The first-order valence-electron chi connectivity index (χ1n) is 6.71. The quantitative estimate of drug-likeness (QED) is 0.730. The normalized spacial score (nSPS) is 23.3. The Balaban J connectivity index is 1.42. The van der Waals surface area contributed by atoms with Crippen molar-refractivity contribution >= 4 is 12.3 Å². The molecule has 0 spiro atoms. The van der Waals surface area contributed by atoms with Crippen molar-refractivity contribution in [3.8, 4) is 11.5 Å². The standard InChI is InChI=1S/C14H14O8/c15-13-19-7-11(21-13)5-17-9-1-2-10(4-3-9)18-6-12-8-20-14(16)22-12/h1-4,11-12H,5-8H2. The molecule has 2 aliphatic heterocycles. The van der Waals surface area contributed by atoms with Gasteiger partial charge in [-0.3, -0.25) is 0 Å². The maximum absolute atomic E-state index is 10.8. The Morgan fingerprint density at radius 2 is 1.23 bits per heavy atom. The van der Waals surface area contributed by atoms with Crippen LogP contribution in [-0.4, -0.2) is 50.9 Å². The fourth-order valence-corrected chi connectivity index (χ4v) is 1.90. The summed E-state index contributed by atoms with van der Waals surface area (Å²) in [6, 6.07) is 6.91. The van der Waals surface area contributed by atoms with Crippen molar-refractivity contribution in [2.75, 3.05) is 26.4 Å². The Kier molecular flexibility index (Phi) is 4.17. The highest BCUT2D eigenvalue weighted by Gasteiger charge is 2.26. The molecule has 0 aromatic heterocycles. The lowest BCUT2D eigenvalue weighted by Gasteiger charge is -2.11. The number of rotatable bonds is 6. The first kappa shape index (κ1) is 14.3. The Bertz CT molecular complexity index is 491. The van der Waals surface area contributed by atoms with E-state index in [9.17, 15) is 9.59 Å². The van der Waals surface area contributed by atoms with Crippen LogP contribution in [0.25, 0.3) is 0 Å². The van der Waals surface area contributed by atoms with Crippen molar-refractivity contribution < 1.29 is 38.0 Å². The molecule has 118 valence electrons. The van der Waals surface area contributed by atoms with Crippen molar-refractivity contribution in [3.05, 3.63) is 24.3 Å². The third-order valence-corrected chi connectivity index (χ3v) is 3.00. The fraction of sp³-hybridized carbons (Fsp3) is 0.429. The first-order valence-corrected chi connectivity index (χ1v) is 6.71. The highest BCUT2D eigenvalue weighted by Crippen LogP contribution is 2.19. The van der Waals surface area contributed by atoms with Crippen molar-refractivity contribution in [1.82, 2.24) is 0 Å². The molecule has 2 aliphatic rings. The van der Waals surface area contributed by atoms with Gasteiger partial charge in [-0.1, -0.05) is 0 Å². The second-order valence-corrected chi connectivity index (χ2v) is 4.70. The lowest BCUT2D eigenvalue weighted by molar-refractivity contribution is 0.0968. The maximum Gasteiger partial charge on any atom is 0.508 e. The van der Waals surface area contributed by atoms with Crippen LogP contribution in [0.15, 0.2) is 24.3 Å². The summed E-state index contributed by atoms with van der Waals surface area (Å²) >= 11 is 0. The molecule has 8 nitrogen and oxygen atoms in total. The van der Waals surface area contributed by atoms with E-state index in [1.807, 2.05) is 0 Å². The van der Waals surface area contributed by atoms with Crippen molar-refractivity contribution in [1.29, 1.82) is 0 Å². The molecule has 0 radical (unpaired) electrons. The fourth-order valence-electron chi connectivity index (χ4n) is 1.90. The summed E-state index contributed by atoms with van der Waals surface area (Å²) in [5.74, 6) is 1.23. The lowest BCUT2D eigenvalue weighted by Crippen LogP contribution is -2.20. The summed E-state index contributed by atoms with van der Waals surface area (Å²) in [6.45, 7) is 0.840. The molecule has 2 heterocycles. The zero-order valence-corrected chi connectivity index (χ0v) is 11.6. The van der Waals surface area contributed by atoms with E-state index in [1.54, 1.807) is 24.3 Å². The molecule has 22 heavy (non-hydrogen) atoms. The van der Waals surface area contributed by atoms with Crippen LogP contribution in [0.3, 0.4) is 0 Å². The summed E-state index contributed by atoms with van der Waals surface area (Å²) < 4.78 is 30.0. The summed E-state index contributed by atoms with van der Waals surface area (Å²) in [4.78, 5) is 21.5. The topological polar surface area (TPSA) is 89.5 Å². The number of ether oxygens (including phenoxy) is 6. The van der Waals surface area contributed by atoms with Gasteiger partial charge in [0.25, 0.3) is 0 Å². The van der Waals surface area contributed by atoms with Gasteiger partial charge in [0.1, 0.15) is 37.9 Å². The van der Waals surface area contributed by atoms with Crippen LogP contribution in [-0.2, 0) is 18.9 Å². The lowest BCUT2D eigenvalue weighted by atomic mass is 10.3. The third-order valence-electron chi connectivity index (χ3n) is 3.00. The zero-order valence-electron chi connectivity index (χ0n) is 11.6. The van der Waals surface area contributed by atoms with Crippen LogP contribution in [0.1, 0.15) is 0 Å². The van der Waals surface area contributed by atoms with E-state index in [0.717, 1.165) is 0 Å². The van der Waals surface area contributed by atoms with Gasteiger partial charge in [0.05, 0.1) is 0 Å². The summed E-state index contributed by atoms with van der Waals surface area (Å²) in [7, 11) is 0. The van der Waals surface area contributed by atoms with Gasteiger partial charge in [-0.15, -0.1) is 0 Å². The molecular formula is C14H14O8. The average Bonchev–Trinajstić information content (AvgIpc) is 3.12. The molecule has 3 rings (SSSR count). The van der Waals surface area contributed by atoms with E-state index in [4.69, 9.17) is 18.9 Å². The van der Waals surface area contributed by atoms with E-state index in [-0.39, 0.29) is 38.6 Å². The predicted molar refractivity (Wildman–Crippen MR) is 69.9 cm³/mol. The minimum Gasteiger partial charge on any atom is -0.490 e. The van der Waals surface area contributed by atoms with Crippen LogP contribution >= 0.6 is 0 Å². The Labute approximate surface area is 125 Å². The van der Waals surface area contributed by atoms with Crippen molar-refractivity contribution in [3.63, 3.8) is 0 Å². The van der Waals surface area contributed by atoms with Crippen LogP contribution in [0.4, 0.5) is 9.59 Å². The van der Waals surface area contributed by atoms with E-state index < -0.39 is 12.3 Å². The van der Waals surface area contributed by atoms with E-state index >= 15 is 0 Å². The van der Waals surface area contributed by atoms with E-state index in [2.05, 4.69) is 9.47 Å². The Morgan fingerprint density at radius 1 is 0.818 bits per heavy atom. The van der Waals surface area contributed by atoms with Gasteiger partial charge in [0.15, 0.2) is 12.2 Å². The summed E-state index contributed by atoms with van der Waals surface area (Å²) in [6.07, 6.45) is -2.12. The van der Waals surface area contributed by atoms with Gasteiger partial charge in [-0.25, -0.2) is 9.59 Å². The van der Waals surface area contributed by atoms with Crippen molar-refractivity contribution in [2.24, 2.45) is 0 Å². The predicted octanol–water partition coefficient (Wildman–Crippen LogP) is 1.51. The number of carbonyl (C=O) groups excluding carboxylic acids is 2. The van der Waals surface area contributed by atoms with Gasteiger partial charge < -0.3 is 28.4 Å². The highest BCUT2D eigenvalue weighted by molar-refractivity contribution is 5.62. The smallest absolute Gasteiger partial charge is 0.490 e. The molecule has 0 aliphatic carbocycles. The molecule has 2 fully saturated rings. The van der Waals surface area contributed by atoms with Crippen LogP contribution < -0.4 is 9.47 Å². The molecule has 8 heteroatoms. The molecule has 0 amide bonds. The zero-order chi connectivity index (χ0) is 15.4. The van der Waals surface area contributed by atoms with Gasteiger partial charge >= 0.3 is 12.3 Å². The monoisotopic (exact) mass is 310 g/mol. The molecule has 0 saturated carbocycles. The molecule has 2 atom stereocenters. The second-order valence-electron chi connectivity index (χ2n) is 4.70.